The summed E-state index contributed by atoms with van der Waals surface area (Å²) in [4.78, 5) is 23.4. The van der Waals surface area contributed by atoms with Gasteiger partial charge in [0.15, 0.2) is 0 Å². The number of furan rings is 1. The van der Waals surface area contributed by atoms with Crippen LogP contribution in [0.2, 0.25) is 0 Å². The van der Waals surface area contributed by atoms with E-state index in [9.17, 15) is 9.59 Å². The Morgan fingerprint density at radius 2 is 1.90 bits per heavy atom. The fraction of sp³-hybridized carbons (Fsp3) is 0.125. The lowest BCUT2D eigenvalue weighted by Gasteiger charge is -2.08. The van der Waals surface area contributed by atoms with Crippen LogP contribution in [0.1, 0.15) is 18.2 Å². The molecule has 0 aliphatic carbocycles. The predicted octanol–water partition coefficient (Wildman–Crippen LogP) is 2.07. The van der Waals surface area contributed by atoms with Gasteiger partial charge in [0.2, 0.25) is 5.91 Å². The quantitative estimate of drug-likeness (QED) is 0.826. The molecule has 1 heterocycles. The number of amides is 2. The summed E-state index contributed by atoms with van der Waals surface area (Å²) in [5.41, 5.74) is 1.02. The smallest absolute Gasteiger partial charge is 0.268 e. The van der Waals surface area contributed by atoms with Gasteiger partial charge >= 0.3 is 0 Å². The Morgan fingerprint density at radius 3 is 2.52 bits per heavy atom. The van der Waals surface area contributed by atoms with E-state index >= 15 is 0 Å². The summed E-state index contributed by atoms with van der Waals surface area (Å²) in [5, 5.41) is 5.23. The Bertz CT molecular complexity index is 631. The first kappa shape index (κ1) is 14.6. The van der Waals surface area contributed by atoms with E-state index < -0.39 is 0 Å². The SMILES string of the molecule is CC(=O)NC(=Cc1ccccc1)C(=O)NCc1ccco1. The van der Waals surface area contributed by atoms with Crippen LogP contribution >= 0.6 is 0 Å². The number of benzene rings is 1. The zero-order chi connectivity index (χ0) is 15.1. The minimum absolute atomic E-state index is 0.195. The average molecular weight is 284 g/mol. The van der Waals surface area contributed by atoms with Gasteiger partial charge in [-0.15, -0.1) is 0 Å². The summed E-state index contributed by atoms with van der Waals surface area (Å²) in [6, 6.07) is 12.8. The summed E-state index contributed by atoms with van der Waals surface area (Å²) >= 11 is 0. The van der Waals surface area contributed by atoms with Gasteiger partial charge in [0.25, 0.3) is 5.91 Å². The maximum absolute atomic E-state index is 12.1. The van der Waals surface area contributed by atoms with E-state index in [-0.39, 0.29) is 24.1 Å². The van der Waals surface area contributed by atoms with Crippen molar-refractivity contribution in [3.05, 3.63) is 65.7 Å². The van der Waals surface area contributed by atoms with Gasteiger partial charge in [-0.25, -0.2) is 0 Å². The first-order valence-corrected chi connectivity index (χ1v) is 6.50. The van der Waals surface area contributed by atoms with Crippen molar-refractivity contribution < 1.29 is 14.0 Å². The lowest BCUT2D eigenvalue weighted by molar-refractivity contribution is -0.122. The molecule has 2 rings (SSSR count). The largest absolute Gasteiger partial charge is 0.467 e. The third kappa shape index (κ3) is 4.65. The zero-order valence-corrected chi connectivity index (χ0v) is 11.6. The fourth-order valence-corrected chi connectivity index (χ4v) is 1.74. The molecule has 0 bridgehead atoms. The highest BCUT2D eigenvalue weighted by molar-refractivity contribution is 6.00. The molecule has 1 aromatic carbocycles. The highest BCUT2D eigenvalue weighted by Gasteiger charge is 2.11. The highest BCUT2D eigenvalue weighted by Crippen LogP contribution is 2.06. The first-order valence-electron chi connectivity index (χ1n) is 6.50. The number of hydrogen-bond donors (Lipinski definition) is 2. The van der Waals surface area contributed by atoms with Crippen LogP contribution in [0.25, 0.3) is 6.08 Å². The maximum Gasteiger partial charge on any atom is 0.268 e. The van der Waals surface area contributed by atoms with E-state index in [1.54, 1.807) is 18.2 Å². The van der Waals surface area contributed by atoms with Crippen molar-refractivity contribution in [1.29, 1.82) is 0 Å². The van der Waals surface area contributed by atoms with Crippen molar-refractivity contribution in [2.75, 3.05) is 0 Å². The van der Waals surface area contributed by atoms with E-state index in [2.05, 4.69) is 10.6 Å². The van der Waals surface area contributed by atoms with Gasteiger partial charge < -0.3 is 15.1 Å². The fourth-order valence-electron chi connectivity index (χ4n) is 1.74. The third-order valence-corrected chi connectivity index (χ3v) is 2.67. The molecule has 5 nitrogen and oxygen atoms in total. The van der Waals surface area contributed by atoms with Crippen LogP contribution in [-0.2, 0) is 16.1 Å². The number of hydrogen-bond acceptors (Lipinski definition) is 3. The van der Waals surface area contributed by atoms with Gasteiger partial charge in [-0.3, -0.25) is 9.59 Å². The van der Waals surface area contributed by atoms with E-state index in [1.807, 2.05) is 30.3 Å². The molecule has 1 aromatic heterocycles. The molecule has 0 spiro atoms. The van der Waals surface area contributed by atoms with Crippen LogP contribution in [0, 0.1) is 0 Å². The number of nitrogens with one attached hydrogen (secondary N) is 2. The molecule has 0 radical (unpaired) electrons. The third-order valence-electron chi connectivity index (χ3n) is 2.67. The van der Waals surface area contributed by atoms with Gasteiger partial charge in [-0.2, -0.15) is 0 Å². The molecule has 0 saturated heterocycles. The van der Waals surface area contributed by atoms with Gasteiger partial charge in [0, 0.05) is 6.92 Å². The van der Waals surface area contributed by atoms with Gasteiger partial charge in [-0.05, 0) is 23.8 Å². The highest BCUT2D eigenvalue weighted by atomic mass is 16.3. The molecule has 2 N–H and O–H groups in total. The van der Waals surface area contributed by atoms with Crippen LogP contribution < -0.4 is 10.6 Å². The van der Waals surface area contributed by atoms with E-state index in [0.717, 1.165) is 5.56 Å². The Labute approximate surface area is 122 Å². The van der Waals surface area contributed by atoms with Gasteiger partial charge in [0.1, 0.15) is 11.5 Å². The second-order valence-electron chi connectivity index (χ2n) is 4.41. The number of rotatable bonds is 5. The lowest BCUT2D eigenvalue weighted by atomic mass is 10.2. The van der Waals surface area contributed by atoms with Crippen LogP contribution in [0.15, 0.2) is 58.8 Å². The molecule has 0 unspecified atom stereocenters. The standard InChI is InChI=1S/C16H16N2O3/c1-12(19)18-15(10-13-6-3-2-4-7-13)16(20)17-11-14-8-5-9-21-14/h2-10H,11H2,1H3,(H,17,20)(H,18,19). The molecular weight excluding hydrogens is 268 g/mol. The average Bonchev–Trinajstić information content (AvgIpc) is 2.98. The monoisotopic (exact) mass is 284 g/mol. The first-order chi connectivity index (χ1) is 10.1. The summed E-state index contributed by atoms with van der Waals surface area (Å²) in [6.45, 7) is 1.62. The lowest BCUT2D eigenvalue weighted by Crippen LogP contribution is -2.33. The molecular formula is C16H16N2O3. The molecule has 2 amide bonds. The van der Waals surface area contributed by atoms with Crippen molar-refractivity contribution in [3.8, 4) is 0 Å². The van der Waals surface area contributed by atoms with Crippen molar-refractivity contribution in [2.24, 2.45) is 0 Å². The Morgan fingerprint density at radius 1 is 1.14 bits per heavy atom. The van der Waals surface area contributed by atoms with E-state index in [0.29, 0.717) is 5.76 Å². The van der Waals surface area contributed by atoms with Crippen LogP contribution in [0.4, 0.5) is 0 Å². The molecule has 0 aliphatic rings. The number of carbonyl (C=O) groups is 2. The van der Waals surface area contributed by atoms with Crippen LogP contribution in [-0.4, -0.2) is 11.8 Å². The predicted molar refractivity (Wildman–Crippen MR) is 78.8 cm³/mol. The minimum atomic E-state index is -0.370. The molecule has 0 aliphatic heterocycles. The summed E-state index contributed by atoms with van der Waals surface area (Å²) in [6.07, 6.45) is 3.16. The molecule has 21 heavy (non-hydrogen) atoms. The number of carbonyl (C=O) groups excluding carboxylic acids is 2. The molecule has 2 aromatic rings. The summed E-state index contributed by atoms with van der Waals surface area (Å²) < 4.78 is 5.14. The van der Waals surface area contributed by atoms with E-state index in [4.69, 9.17) is 4.42 Å². The Hall–Kier alpha value is -2.82. The maximum atomic E-state index is 12.1. The minimum Gasteiger partial charge on any atom is -0.467 e. The zero-order valence-electron chi connectivity index (χ0n) is 11.6. The molecule has 0 atom stereocenters. The topological polar surface area (TPSA) is 71.3 Å². The van der Waals surface area contributed by atoms with Gasteiger partial charge in [0.05, 0.1) is 12.8 Å². The summed E-state index contributed by atoms with van der Waals surface area (Å²) in [5.74, 6) is -0.0268. The van der Waals surface area contributed by atoms with Crippen molar-refractivity contribution in [3.63, 3.8) is 0 Å². The van der Waals surface area contributed by atoms with Crippen LogP contribution in [0.5, 0.6) is 0 Å². The van der Waals surface area contributed by atoms with Crippen molar-refractivity contribution in [1.82, 2.24) is 10.6 Å². The molecule has 0 saturated carbocycles. The van der Waals surface area contributed by atoms with Crippen molar-refractivity contribution in [2.45, 2.75) is 13.5 Å². The van der Waals surface area contributed by atoms with E-state index in [1.165, 1.54) is 13.2 Å². The Kier molecular flexibility index (Phi) is 4.93. The normalized spacial score (nSPS) is 11.0. The second kappa shape index (κ2) is 7.09. The van der Waals surface area contributed by atoms with Crippen LogP contribution in [0.3, 0.4) is 0 Å². The van der Waals surface area contributed by atoms with Crippen molar-refractivity contribution >= 4 is 17.9 Å². The molecule has 108 valence electrons. The molecule has 0 fully saturated rings. The van der Waals surface area contributed by atoms with Gasteiger partial charge in [-0.1, -0.05) is 30.3 Å². The Balaban J connectivity index is 2.09. The molecule has 5 heteroatoms. The summed E-state index contributed by atoms with van der Waals surface area (Å²) in [7, 11) is 0. The second-order valence-corrected chi connectivity index (χ2v) is 4.41.